The van der Waals surface area contributed by atoms with Gasteiger partial charge in [-0.15, -0.1) is 0 Å². The van der Waals surface area contributed by atoms with Crippen LogP contribution in [0.2, 0.25) is 0 Å². The van der Waals surface area contributed by atoms with Crippen molar-refractivity contribution >= 4 is 5.69 Å². The highest BCUT2D eigenvalue weighted by Crippen LogP contribution is 2.21. The van der Waals surface area contributed by atoms with Crippen LogP contribution in [0, 0.1) is 0 Å². The van der Waals surface area contributed by atoms with E-state index in [1.807, 2.05) is 18.2 Å². The molecule has 0 radical (unpaired) electrons. The van der Waals surface area contributed by atoms with Crippen LogP contribution in [0.5, 0.6) is 5.75 Å². The molecule has 0 aliphatic carbocycles. The number of anilines is 1. The predicted octanol–water partition coefficient (Wildman–Crippen LogP) is 1.18. The monoisotopic (exact) mass is 303 g/mol. The minimum atomic E-state index is -0.246. The summed E-state index contributed by atoms with van der Waals surface area (Å²) in [4.78, 5) is 16.0. The number of likely N-dealkylation sites (tertiary alicyclic amines) is 1. The Morgan fingerprint density at radius 3 is 2.91 bits per heavy atom. The number of benzene rings is 1. The number of hydrogen-bond acceptors (Lipinski definition) is 5. The van der Waals surface area contributed by atoms with Crippen molar-refractivity contribution in [3.05, 3.63) is 40.6 Å². The van der Waals surface area contributed by atoms with Crippen molar-refractivity contribution in [3.8, 4) is 5.75 Å². The number of hydrogen-bond donors (Lipinski definition) is 3. The Morgan fingerprint density at radius 2 is 2.23 bits per heavy atom. The maximum absolute atomic E-state index is 11.0. The topological polar surface area (TPSA) is 86.0 Å². The van der Waals surface area contributed by atoms with E-state index in [0.717, 1.165) is 37.4 Å². The van der Waals surface area contributed by atoms with Crippen LogP contribution in [0.25, 0.3) is 0 Å². The second-order valence-corrected chi connectivity index (χ2v) is 5.55. The van der Waals surface area contributed by atoms with Crippen molar-refractivity contribution in [1.82, 2.24) is 20.1 Å². The van der Waals surface area contributed by atoms with E-state index >= 15 is 0 Å². The maximum atomic E-state index is 11.0. The predicted molar refractivity (Wildman–Crippen MR) is 84.1 cm³/mol. The van der Waals surface area contributed by atoms with Gasteiger partial charge in [0.1, 0.15) is 11.6 Å². The van der Waals surface area contributed by atoms with Crippen LogP contribution in [-0.4, -0.2) is 46.3 Å². The van der Waals surface area contributed by atoms with Crippen LogP contribution in [0.4, 0.5) is 5.69 Å². The molecule has 0 unspecified atom stereocenters. The van der Waals surface area contributed by atoms with Gasteiger partial charge in [0.15, 0.2) is 0 Å². The molecule has 3 rings (SSSR count). The summed E-state index contributed by atoms with van der Waals surface area (Å²) in [7, 11) is 1.68. The van der Waals surface area contributed by atoms with Gasteiger partial charge in [0, 0.05) is 30.9 Å². The highest BCUT2D eigenvalue weighted by Gasteiger charge is 2.20. The minimum Gasteiger partial charge on any atom is -0.497 e. The average molecular weight is 303 g/mol. The van der Waals surface area contributed by atoms with E-state index in [0.29, 0.717) is 18.4 Å². The summed E-state index contributed by atoms with van der Waals surface area (Å²) in [6.45, 7) is 2.65. The molecule has 0 amide bonds. The van der Waals surface area contributed by atoms with Crippen LogP contribution in [0.3, 0.4) is 0 Å². The van der Waals surface area contributed by atoms with Crippen LogP contribution < -0.4 is 15.7 Å². The van der Waals surface area contributed by atoms with Gasteiger partial charge in [0.2, 0.25) is 0 Å². The molecule has 2 heterocycles. The standard InChI is InChI=1S/C15H21N5O2/c1-22-13-4-2-3-12(9-13)16-11-5-7-20(8-6-11)10-14-17-15(21)19-18-14/h2-4,9,11,16H,5-8,10H2,1H3,(H2,17,18,19,21). The van der Waals surface area contributed by atoms with Crippen molar-refractivity contribution < 1.29 is 4.74 Å². The number of nitrogens with one attached hydrogen (secondary N) is 3. The largest absolute Gasteiger partial charge is 0.497 e. The lowest BCUT2D eigenvalue weighted by molar-refractivity contribution is 0.207. The minimum absolute atomic E-state index is 0.246. The number of methoxy groups -OCH3 is 1. The van der Waals surface area contributed by atoms with E-state index in [9.17, 15) is 4.79 Å². The number of piperidine rings is 1. The van der Waals surface area contributed by atoms with Crippen molar-refractivity contribution in [3.63, 3.8) is 0 Å². The third-order valence-electron chi connectivity index (χ3n) is 3.95. The number of nitrogens with zero attached hydrogens (tertiary/aromatic N) is 2. The zero-order valence-corrected chi connectivity index (χ0v) is 12.6. The quantitative estimate of drug-likeness (QED) is 0.772. The molecular formula is C15H21N5O2. The molecule has 7 heteroatoms. The third kappa shape index (κ3) is 3.67. The summed E-state index contributed by atoms with van der Waals surface area (Å²) in [5, 5.41) is 9.91. The van der Waals surface area contributed by atoms with Gasteiger partial charge in [0.25, 0.3) is 0 Å². The Labute approximate surface area is 128 Å². The molecular weight excluding hydrogens is 282 g/mol. The first-order valence-corrected chi connectivity index (χ1v) is 7.49. The summed E-state index contributed by atoms with van der Waals surface area (Å²) >= 11 is 0. The van der Waals surface area contributed by atoms with Crippen LogP contribution in [0.15, 0.2) is 29.1 Å². The molecule has 1 fully saturated rings. The molecule has 3 N–H and O–H groups in total. The second-order valence-electron chi connectivity index (χ2n) is 5.55. The first-order chi connectivity index (χ1) is 10.7. The van der Waals surface area contributed by atoms with Gasteiger partial charge in [-0.05, 0) is 25.0 Å². The lowest BCUT2D eigenvalue weighted by Gasteiger charge is -2.32. The van der Waals surface area contributed by atoms with Gasteiger partial charge >= 0.3 is 5.69 Å². The average Bonchev–Trinajstić information content (AvgIpc) is 2.94. The molecule has 1 aliphatic heterocycles. The molecule has 1 aliphatic rings. The summed E-state index contributed by atoms with van der Waals surface area (Å²) in [5.41, 5.74) is 0.846. The highest BCUT2D eigenvalue weighted by atomic mass is 16.5. The second kappa shape index (κ2) is 6.65. The van der Waals surface area contributed by atoms with Crippen LogP contribution >= 0.6 is 0 Å². The van der Waals surface area contributed by atoms with Crippen molar-refractivity contribution in [1.29, 1.82) is 0 Å². The Bertz CT molecular complexity index is 658. The Hall–Kier alpha value is -2.28. The Kier molecular flexibility index (Phi) is 4.43. The molecule has 0 saturated carbocycles. The van der Waals surface area contributed by atoms with E-state index in [-0.39, 0.29) is 5.69 Å². The zero-order valence-electron chi connectivity index (χ0n) is 12.6. The number of aromatic nitrogens is 3. The Morgan fingerprint density at radius 1 is 1.41 bits per heavy atom. The fraction of sp³-hybridized carbons (Fsp3) is 0.467. The van der Waals surface area contributed by atoms with E-state index in [4.69, 9.17) is 4.74 Å². The molecule has 2 aromatic rings. The summed E-state index contributed by atoms with van der Waals surface area (Å²) in [6, 6.07) is 8.47. The van der Waals surface area contributed by atoms with Gasteiger partial charge < -0.3 is 10.1 Å². The fourth-order valence-corrected chi connectivity index (χ4v) is 2.78. The van der Waals surface area contributed by atoms with Gasteiger partial charge in [-0.2, -0.15) is 5.10 Å². The van der Waals surface area contributed by atoms with E-state index in [1.165, 1.54) is 0 Å². The SMILES string of the molecule is COc1cccc(NC2CCN(Cc3n[nH]c(=O)[nH]3)CC2)c1. The maximum Gasteiger partial charge on any atom is 0.340 e. The Balaban J connectivity index is 1.50. The summed E-state index contributed by atoms with van der Waals surface area (Å²) < 4.78 is 5.24. The molecule has 0 bridgehead atoms. The molecule has 1 aromatic carbocycles. The van der Waals surface area contributed by atoms with E-state index in [2.05, 4.69) is 31.5 Å². The normalized spacial score (nSPS) is 16.6. The van der Waals surface area contributed by atoms with Crippen molar-refractivity contribution in [2.75, 3.05) is 25.5 Å². The van der Waals surface area contributed by atoms with Crippen molar-refractivity contribution in [2.45, 2.75) is 25.4 Å². The molecule has 22 heavy (non-hydrogen) atoms. The fourth-order valence-electron chi connectivity index (χ4n) is 2.78. The van der Waals surface area contributed by atoms with Gasteiger partial charge in [-0.25, -0.2) is 9.89 Å². The zero-order chi connectivity index (χ0) is 15.4. The molecule has 118 valence electrons. The highest BCUT2D eigenvalue weighted by molar-refractivity contribution is 5.48. The van der Waals surface area contributed by atoms with Crippen LogP contribution in [0.1, 0.15) is 18.7 Å². The number of ether oxygens (including phenoxy) is 1. The van der Waals surface area contributed by atoms with E-state index < -0.39 is 0 Å². The molecule has 1 saturated heterocycles. The molecule has 7 nitrogen and oxygen atoms in total. The third-order valence-corrected chi connectivity index (χ3v) is 3.95. The number of H-pyrrole nitrogens is 2. The van der Waals surface area contributed by atoms with E-state index in [1.54, 1.807) is 7.11 Å². The summed E-state index contributed by atoms with van der Waals surface area (Å²) in [6.07, 6.45) is 2.12. The van der Waals surface area contributed by atoms with Gasteiger partial charge in [-0.1, -0.05) is 6.07 Å². The summed E-state index contributed by atoms with van der Waals surface area (Å²) in [5.74, 6) is 1.56. The first-order valence-electron chi connectivity index (χ1n) is 7.49. The molecule has 1 aromatic heterocycles. The lowest BCUT2D eigenvalue weighted by atomic mass is 10.0. The van der Waals surface area contributed by atoms with Gasteiger partial charge in [-0.3, -0.25) is 9.88 Å². The van der Waals surface area contributed by atoms with Crippen molar-refractivity contribution in [2.24, 2.45) is 0 Å². The number of aromatic amines is 2. The van der Waals surface area contributed by atoms with Gasteiger partial charge in [0.05, 0.1) is 13.7 Å². The first kappa shape index (κ1) is 14.6. The lowest BCUT2D eigenvalue weighted by Crippen LogP contribution is -2.38. The van der Waals surface area contributed by atoms with Crippen LogP contribution in [-0.2, 0) is 6.54 Å². The smallest absolute Gasteiger partial charge is 0.340 e. The molecule has 0 spiro atoms. The molecule has 0 atom stereocenters. The number of rotatable bonds is 5.